The van der Waals surface area contributed by atoms with Crippen LogP contribution in [0.2, 0.25) is 0 Å². The van der Waals surface area contributed by atoms with Gasteiger partial charge in [0.1, 0.15) is 0 Å². The normalized spacial score (nSPS) is 14.1. The monoisotopic (exact) mass is 297 g/mol. The highest BCUT2D eigenvalue weighted by Gasteiger charge is 2.35. The third-order valence-electron chi connectivity index (χ3n) is 2.48. The van der Waals surface area contributed by atoms with E-state index in [9.17, 15) is 14.4 Å². The van der Waals surface area contributed by atoms with Crippen LogP contribution in [0.4, 0.5) is 0 Å². The van der Waals surface area contributed by atoms with E-state index in [-0.39, 0.29) is 13.0 Å². The molecule has 0 radical (unpaired) electrons. The Balaban J connectivity index is 2.29. The van der Waals surface area contributed by atoms with Gasteiger partial charge in [0.2, 0.25) is 0 Å². The summed E-state index contributed by atoms with van der Waals surface area (Å²) in [4.78, 5) is 35.1. The zero-order valence-electron chi connectivity index (χ0n) is 8.64. The van der Waals surface area contributed by atoms with Gasteiger partial charge in [0.15, 0.2) is 0 Å². The molecule has 0 aromatic heterocycles. The second-order valence-corrected chi connectivity index (χ2v) is 4.51. The maximum Gasteiger partial charge on any atom is 0.305 e. The summed E-state index contributed by atoms with van der Waals surface area (Å²) in [7, 11) is 0. The Bertz CT molecular complexity index is 526. The van der Waals surface area contributed by atoms with E-state index in [1.807, 2.05) is 0 Å². The summed E-state index contributed by atoms with van der Waals surface area (Å²) in [5.74, 6) is -1.91. The van der Waals surface area contributed by atoms with E-state index in [1.54, 1.807) is 18.2 Å². The van der Waals surface area contributed by atoms with Gasteiger partial charge < -0.3 is 5.11 Å². The summed E-state index contributed by atoms with van der Waals surface area (Å²) >= 11 is 3.22. The number of rotatable bonds is 3. The van der Waals surface area contributed by atoms with Crippen molar-refractivity contribution in [1.82, 2.24) is 4.90 Å². The topological polar surface area (TPSA) is 74.7 Å². The Morgan fingerprint density at radius 2 is 1.88 bits per heavy atom. The van der Waals surface area contributed by atoms with E-state index in [0.29, 0.717) is 15.6 Å². The Kier molecular flexibility index (Phi) is 2.97. The number of carboxylic acids is 1. The molecule has 17 heavy (non-hydrogen) atoms. The van der Waals surface area contributed by atoms with Crippen LogP contribution >= 0.6 is 15.9 Å². The molecule has 0 atom stereocenters. The van der Waals surface area contributed by atoms with Crippen molar-refractivity contribution in [2.45, 2.75) is 6.42 Å². The summed E-state index contributed by atoms with van der Waals surface area (Å²) in [5, 5.41) is 8.55. The first kappa shape index (κ1) is 11.8. The van der Waals surface area contributed by atoms with Crippen molar-refractivity contribution in [2.75, 3.05) is 6.54 Å². The molecule has 0 fully saturated rings. The van der Waals surface area contributed by atoms with Crippen molar-refractivity contribution >= 4 is 33.7 Å². The van der Waals surface area contributed by atoms with Crippen LogP contribution in [0.1, 0.15) is 27.1 Å². The lowest BCUT2D eigenvalue weighted by Gasteiger charge is -2.11. The highest BCUT2D eigenvalue weighted by Crippen LogP contribution is 2.25. The van der Waals surface area contributed by atoms with Crippen LogP contribution in [0.15, 0.2) is 22.7 Å². The smallest absolute Gasteiger partial charge is 0.305 e. The summed E-state index contributed by atoms with van der Waals surface area (Å²) in [6.07, 6.45) is -0.243. The molecule has 0 bridgehead atoms. The zero-order chi connectivity index (χ0) is 12.6. The summed E-state index contributed by atoms with van der Waals surface area (Å²) in [6.45, 7) is -0.0979. The number of hydrogen-bond donors (Lipinski definition) is 1. The minimum Gasteiger partial charge on any atom is -0.481 e. The number of carbonyl (C=O) groups excluding carboxylic acids is 2. The number of aliphatic carboxylic acids is 1. The van der Waals surface area contributed by atoms with E-state index in [1.165, 1.54) is 0 Å². The van der Waals surface area contributed by atoms with Gasteiger partial charge in [-0.3, -0.25) is 19.3 Å². The van der Waals surface area contributed by atoms with E-state index < -0.39 is 17.8 Å². The number of fused-ring (bicyclic) bond motifs is 1. The lowest BCUT2D eigenvalue weighted by Crippen LogP contribution is -2.31. The largest absolute Gasteiger partial charge is 0.481 e. The van der Waals surface area contributed by atoms with Gasteiger partial charge in [-0.15, -0.1) is 0 Å². The third-order valence-corrected chi connectivity index (χ3v) is 2.98. The molecule has 1 aliphatic heterocycles. The van der Waals surface area contributed by atoms with Crippen molar-refractivity contribution in [3.63, 3.8) is 0 Å². The molecule has 0 saturated heterocycles. The maximum atomic E-state index is 11.9. The lowest BCUT2D eigenvalue weighted by molar-refractivity contribution is -0.137. The summed E-state index contributed by atoms with van der Waals surface area (Å²) in [6, 6.07) is 4.79. The van der Waals surface area contributed by atoms with Crippen molar-refractivity contribution in [2.24, 2.45) is 0 Å². The van der Waals surface area contributed by atoms with Crippen LogP contribution in [-0.2, 0) is 4.79 Å². The fraction of sp³-hybridized carbons (Fsp3) is 0.182. The van der Waals surface area contributed by atoms with E-state index in [4.69, 9.17) is 5.11 Å². The average molecular weight is 298 g/mol. The van der Waals surface area contributed by atoms with Crippen molar-refractivity contribution in [3.8, 4) is 0 Å². The fourth-order valence-corrected chi connectivity index (χ4v) is 2.03. The Morgan fingerprint density at radius 1 is 1.24 bits per heavy atom. The molecule has 0 unspecified atom stereocenters. The average Bonchev–Trinajstić information content (AvgIpc) is 2.49. The Morgan fingerprint density at radius 3 is 2.53 bits per heavy atom. The van der Waals surface area contributed by atoms with E-state index in [0.717, 1.165) is 4.90 Å². The molecule has 0 spiro atoms. The van der Waals surface area contributed by atoms with Gasteiger partial charge in [-0.1, -0.05) is 15.9 Å². The van der Waals surface area contributed by atoms with Gasteiger partial charge in [0.05, 0.1) is 17.5 Å². The molecule has 5 nitrogen and oxygen atoms in total. The van der Waals surface area contributed by atoms with Crippen molar-refractivity contribution in [1.29, 1.82) is 0 Å². The number of nitrogens with zero attached hydrogens (tertiary/aromatic N) is 1. The summed E-state index contributed by atoms with van der Waals surface area (Å²) < 4.78 is 0.706. The van der Waals surface area contributed by atoms with Crippen LogP contribution in [0, 0.1) is 0 Å². The highest BCUT2D eigenvalue weighted by atomic mass is 79.9. The lowest BCUT2D eigenvalue weighted by atomic mass is 10.1. The molecule has 1 aromatic rings. The van der Waals surface area contributed by atoms with E-state index >= 15 is 0 Å². The van der Waals surface area contributed by atoms with Gasteiger partial charge in [-0.25, -0.2) is 0 Å². The number of amides is 2. The second-order valence-electron chi connectivity index (χ2n) is 3.60. The number of carboxylic acid groups (broad SMARTS) is 1. The molecule has 6 heteroatoms. The quantitative estimate of drug-likeness (QED) is 0.859. The number of hydrogen-bond acceptors (Lipinski definition) is 3. The minimum absolute atomic E-state index is 0.0979. The molecule has 1 aromatic carbocycles. The first-order valence-electron chi connectivity index (χ1n) is 4.88. The predicted octanol–water partition coefficient (Wildman–Crippen LogP) is 1.52. The number of imide groups is 1. The molecule has 2 amide bonds. The van der Waals surface area contributed by atoms with Crippen LogP contribution in [0.3, 0.4) is 0 Å². The number of benzene rings is 1. The molecule has 0 aliphatic carbocycles. The third kappa shape index (κ3) is 2.08. The molecular formula is C11H8BrNO4. The van der Waals surface area contributed by atoms with Crippen molar-refractivity contribution in [3.05, 3.63) is 33.8 Å². The Hall–Kier alpha value is -1.69. The highest BCUT2D eigenvalue weighted by molar-refractivity contribution is 9.10. The molecule has 1 aliphatic rings. The second kappa shape index (κ2) is 4.29. The van der Waals surface area contributed by atoms with Crippen LogP contribution in [-0.4, -0.2) is 34.3 Å². The predicted molar refractivity (Wildman–Crippen MR) is 61.8 cm³/mol. The van der Waals surface area contributed by atoms with Gasteiger partial charge in [-0.05, 0) is 18.2 Å². The van der Waals surface area contributed by atoms with E-state index in [2.05, 4.69) is 15.9 Å². The minimum atomic E-state index is -1.04. The molecule has 1 heterocycles. The number of halogens is 1. The molecule has 88 valence electrons. The molecule has 1 N–H and O–H groups in total. The number of carbonyl (C=O) groups is 3. The van der Waals surface area contributed by atoms with Crippen LogP contribution in [0.25, 0.3) is 0 Å². The van der Waals surface area contributed by atoms with Crippen LogP contribution in [0.5, 0.6) is 0 Å². The van der Waals surface area contributed by atoms with Crippen molar-refractivity contribution < 1.29 is 19.5 Å². The summed E-state index contributed by atoms with van der Waals surface area (Å²) in [5.41, 5.74) is 0.637. The van der Waals surface area contributed by atoms with Gasteiger partial charge in [0, 0.05) is 11.0 Å². The van der Waals surface area contributed by atoms with Gasteiger partial charge in [-0.2, -0.15) is 0 Å². The van der Waals surface area contributed by atoms with Gasteiger partial charge in [0.25, 0.3) is 11.8 Å². The molecule has 2 rings (SSSR count). The maximum absolute atomic E-state index is 11.9. The molecular weight excluding hydrogens is 290 g/mol. The fourth-order valence-electron chi connectivity index (χ4n) is 1.67. The SMILES string of the molecule is O=C(O)CCN1C(=O)c2ccc(Br)cc2C1=O. The zero-order valence-corrected chi connectivity index (χ0v) is 10.2. The first-order chi connectivity index (χ1) is 8.00. The molecule has 0 saturated carbocycles. The standard InChI is InChI=1S/C11H8BrNO4/c12-6-1-2-7-8(5-6)11(17)13(10(7)16)4-3-9(14)15/h1-2,5H,3-4H2,(H,14,15). The Labute approximate surface area is 105 Å². The first-order valence-corrected chi connectivity index (χ1v) is 5.67. The van der Waals surface area contributed by atoms with Gasteiger partial charge >= 0.3 is 5.97 Å². The van der Waals surface area contributed by atoms with Crippen LogP contribution < -0.4 is 0 Å².